The van der Waals surface area contributed by atoms with Gasteiger partial charge in [-0.05, 0) is 41.7 Å². The summed E-state index contributed by atoms with van der Waals surface area (Å²) in [4.78, 5) is 14.3. The van der Waals surface area contributed by atoms with Crippen molar-refractivity contribution < 1.29 is 4.79 Å². The largest absolute Gasteiger partial charge is 0.341 e. The molecule has 0 N–H and O–H groups in total. The molecule has 4 heteroatoms. The van der Waals surface area contributed by atoms with Gasteiger partial charge in [0.2, 0.25) is 5.91 Å². The first-order valence-corrected chi connectivity index (χ1v) is 8.05. The van der Waals surface area contributed by atoms with Crippen LogP contribution in [0.3, 0.4) is 0 Å². The molecule has 2 aromatic rings. The number of hydrogen-bond donors (Lipinski definition) is 0. The van der Waals surface area contributed by atoms with Crippen molar-refractivity contribution in [1.82, 2.24) is 4.90 Å². The highest BCUT2D eigenvalue weighted by Crippen LogP contribution is 2.50. The molecule has 0 radical (unpaired) electrons. The second-order valence-electron chi connectivity index (χ2n) is 5.79. The Morgan fingerprint density at radius 2 is 1.95 bits per heavy atom. The van der Waals surface area contributed by atoms with Crippen LogP contribution in [0.2, 0.25) is 10.0 Å². The minimum Gasteiger partial charge on any atom is -0.341 e. The zero-order valence-corrected chi connectivity index (χ0v) is 13.8. The summed E-state index contributed by atoms with van der Waals surface area (Å²) >= 11 is 12.2. The molecule has 114 valence electrons. The standard InChI is InChI=1S/C18H17Cl2NO/c1-21(11-12-5-4-6-13(19)9-12)18(22)16-10-15(16)14-7-2-3-8-17(14)20/h2-9,15-16H,10-11H2,1H3. The molecule has 2 nitrogen and oxygen atoms in total. The van der Waals surface area contributed by atoms with Gasteiger partial charge < -0.3 is 4.90 Å². The van der Waals surface area contributed by atoms with Gasteiger partial charge in [0, 0.05) is 29.6 Å². The fourth-order valence-electron chi connectivity index (χ4n) is 2.86. The molecule has 0 aromatic heterocycles. The third-order valence-corrected chi connectivity index (χ3v) is 4.68. The van der Waals surface area contributed by atoms with E-state index in [1.807, 2.05) is 55.6 Å². The minimum absolute atomic E-state index is 0.0454. The van der Waals surface area contributed by atoms with Crippen molar-refractivity contribution in [2.24, 2.45) is 5.92 Å². The van der Waals surface area contributed by atoms with Crippen molar-refractivity contribution in [1.29, 1.82) is 0 Å². The molecule has 0 spiro atoms. The van der Waals surface area contributed by atoms with Gasteiger partial charge in [-0.3, -0.25) is 4.79 Å². The molecular formula is C18H17Cl2NO. The lowest BCUT2D eigenvalue weighted by molar-refractivity contribution is -0.131. The Hall–Kier alpha value is -1.51. The van der Waals surface area contributed by atoms with Gasteiger partial charge in [0.05, 0.1) is 0 Å². The molecule has 1 aliphatic carbocycles. The molecule has 0 saturated heterocycles. The zero-order valence-electron chi connectivity index (χ0n) is 12.3. The molecule has 0 aliphatic heterocycles. The monoisotopic (exact) mass is 333 g/mol. The predicted molar refractivity (Wildman–Crippen MR) is 90.2 cm³/mol. The molecule has 1 aliphatic rings. The summed E-state index contributed by atoms with van der Waals surface area (Å²) in [5.74, 6) is 0.469. The van der Waals surface area contributed by atoms with E-state index in [-0.39, 0.29) is 17.7 Å². The third kappa shape index (κ3) is 3.29. The number of carbonyl (C=O) groups is 1. The second-order valence-corrected chi connectivity index (χ2v) is 6.64. The van der Waals surface area contributed by atoms with E-state index in [2.05, 4.69) is 0 Å². The highest BCUT2D eigenvalue weighted by Gasteiger charge is 2.45. The molecule has 2 unspecified atom stereocenters. The highest BCUT2D eigenvalue weighted by atomic mass is 35.5. The Bertz CT molecular complexity index is 701. The lowest BCUT2D eigenvalue weighted by Crippen LogP contribution is -2.28. The van der Waals surface area contributed by atoms with Crippen molar-refractivity contribution in [2.75, 3.05) is 7.05 Å². The molecule has 3 rings (SSSR count). The first kappa shape index (κ1) is 15.4. The minimum atomic E-state index is 0.0454. The van der Waals surface area contributed by atoms with Crippen LogP contribution in [-0.2, 0) is 11.3 Å². The van der Waals surface area contributed by atoms with E-state index in [1.165, 1.54) is 0 Å². The Morgan fingerprint density at radius 3 is 2.68 bits per heavy atom. The van der Waals surface area contributed by atoms with E-state index in [4.69, 9.17) is 23.2 Å². The van der Waals surface area contributed by atoms with E-state index in [9.17, 15) is 4.79 Å². The van der Waals surface area contributed by atoms with Gasteiger partial charge in [-0.2, -0.15) is 0 Å². The SMILES string of the molecule is CN(Cc1cccc(Cl)c1)C(=O)C1CC1c1ccccc1Cl. The summed E-state index contributed by atoms with van der Waals surface area (Å²) in [7, 11) is 1.84. The van der Waals surface area contributed by atoms with Gasteiger partial charge in [0.15, 0.2) is 0 Å². The molecule has 2 aromatic carbocycles. The summed E-state index contributed by atoms with van der Waals surface area (Å²) in [6.07, 6.45) is 0.877. The Kier molecular flexibility index (Phi) is 4.42. The average Bonchev–Trinajstić information content (AvgIpc) is 3.27. The number of benzene rings is 2. The maximum absolute atomic E-state index is 12.5. The van der Waals surface area contributed by atoms with Crippen LogP contribution in [0, 0.1) is 5.92 Å². The molecule has 22 heavy (non-hydrogen) atoms. The van der Waals surface area contributed by atoms with Crippen LogP contribution in [0.4, 0.5) is 0 Å². The van der Waals surface area contributed by atoms with Crippen molar-refractivity contribution in [2.45, 2.75) is 18.9 Å². The van der Waals surface area contributed by atoms with E-state index in [0.717, 1.165) is 22.6 Å². The summed E-state index contributed by atoms with van der Waals surface area (Å²) in [5, 5.41) is 1.44. The van der Waals surface area contributed by atoms with Crippen LogP contribution < -0.4 is 0 Å². The maximum Gasteiger partial charge on any atom is 0.226 e. The van der Waals surface area contributed by atoms with Crippen molar-refractivity contribution in [3.8, 4) is 0 Å². The second kappa shape index (κ2) is 6.31. The van der Waals surface area contributed by atoms with E-state index in [0.29, 0.717) is 11.6 Å². The van der Waals surface area contributed by atoms with Crippen molar-refractivity contribution >= 4 is 29.1 Å². The molecule has 1 saturated carbocycles. The molecular weight excluding hydrogens is 317 g/mol. The smallest absolute Gasteiger partial charge is 0.226 e. The number of rotatable bonds is 4. The number of carbonyl (C=O) groups excluding carboxylic acids is 1. The van der Waals surface area contributed by atoms with Crippen molar-refractivity contribution in [3.63, 3.8) is 0 Å². The van der Waals surface area contributed by atoms with Gasteiger partial charge in [-0.15, -0.1) is 0 Å². The topological polar surface area (TPSA) is 20.3 Å². The lowest BCUT2D eigenvalue weighted by Gasteiger charge is -2.17. The van der Waals surface area contributed by atoms with Gasteiger partial charge in [0.25, 0.3) is 0 Å². The zero-order chi connectivity index (χ0) is 15.7. The Balaban J connectivity index is 1.64. The van der Waals surface area contributed by atoms with Gasteiger partial charge in [-0.1, -0.05) is 53.5 Å². The normalized spacial score (nSPS) is 19.8. The van der Waals surface area contributed by atoms with Crippen LogP contribution in [0.5, 0.6) is 0 Å². The summed E-state index contributed by atoms with van der Waals surface area (Å²) < 4.78 is 0. The van der Waals surface area contributed by atoms with Crippen LogP contribution in [-0.4, -0.2) is 17.9 Å². The summed E-state index contributed by atoms with van der Waals surface area (Å²) in [6, 6.07) is 15.4. The van der Waals surface area contributed by atoms with Crippen LogP contribution in [0.25, 0.3) is 0 Å². The number of hydrogen-bond acceptors (Lipinski definition) is 1. The molecule has 2 atom stereocenters. The van der Waals surface area contributed by atoms with Gasteiger partial charge in [-0.25, -0.2) is 0 Å². The number of halogens is 2. The maximum atomic E-state index is 12.5. The van der Waals surface area contributed by atoms with Gasteiger partial charge in [0.1, 0.15) is 0 Å². The van der Waals surface area contributed by atoms with E-state index >= 15 is 0 Å². The Labute approximate surface area is 140 Å². The average molecular weight is 334 g/mol. The number of amides is 1. The van der Waals surface area contributed by atoms with Gasteiger partial charge >= 0.3 is 0 Å². The first-order valence-electron chi connectivity index (χ1n) is 7.30. The molecule has 0 heterocycles. The van der Waals surface area contributed by atoms with E-state index < -0.39 is 0 Å². The van der Waals surface area contributed by atoms with Crippen LogP contribution in [0.15, 0.2) is 48.5 Å². The quantitative estimate of drug-likeness (QED) is 0.790. The Morgan fingerprint density at radius 1 is 1.18 bits per heavy atom. The fourth-order valence-corrected chi connectivity index (χ4v) is 3.35. The molecule has 1 fully saturated rings. The van der Waals surface area contributed by atoms with E-state index in [1.54, 1.807) is 4.90 Å². The van der Waals surface area contributed by atoms with Crippen molar-refractivity contribution in [3.05, 3.63) is 69.7 Å². The summed E-state index contributed by atoms with van der Waals surface area (Å²) in [6.45, 7) is 0.575. The molecule has 1 amide bonds. The predicted octanol–water partition coefficient (Wildman–Crippen LogP) is 4.76. The fraction of sp³-hybridized carbons (Fsp3) is 0.278. The third-order valence-electron chi connectivity index (χ3n) is 4.10. The van der Waals surface area contributed by atoms with Crippen LogP contribution in [0.1, 0.15) is 23.5 Å². The first-order chi connectivity index (χ1) is 10.6. The summed E-state index contributed by atoms with van der Waals surface area (Å²) in [5.41, 5.74) is 2.12. The lowest BCUT2D eigenvalue weighted by atomic mass is 10.1. The van der Waals surface area contributed by atoms with Crippen LogP contribution >= 0.6 is 23.2 Å². The highest BCUT2D eigenvalue weighted by molar-refractivity contribution is 6.31. The molecule has 0 bridgehead atoms. The number of nitrogens with zero attached hydrogens (tertiary/aromatic N) is 1.